The number of nitrogens with zero attached hydrogens (tertiary/aromatic N) is 3. The number of methoxy groups -OCH3 is 1. The van der Waals surface area contributed by atoms with E-state index in [2.05, 4.69) is 17.0 Å². The summed E-state index contributed by atoms with van der Waals surface area (Å²) in [6, 6.07) is 25.6. The highest BCUT2D eigenvalue weighted by atomic mass is 16.5. The lowest BCUT2D eigenvalue weighted by molar-refractivity contribution is -0.139. The van der Waals surface area contributed by atoms with Crippen molar-refractivity contribution in [1.82, 2.24) is 14.7 Å². The maximum absolute atomic E-state index is 13.5. The first-order valence-corrected chi connectivity index (χ1v) is 13.2. The van der Waals surface area contributed by atoms with E-state index in [0.717, 1.165) is 49.7 Å². The summed E-state index contributed by atoms with van der Waals surface area (Å²) >= 11 is 0. The van der Waals surface area contributed by atoms with Crippen molar-refractivity contribution in [2.45, 2.75) is 25.6 Å². The van der Waals surface area contributed by atoms with Crippen molar-refractivity contribution in [3.05, 3.63) is 101 Å². The number of benzene rings is 3. The largest absolute Gasteiger partial charge is 0.497 e. The summed E-state index contributed by atoms with van der Waals surface area (Å²) in [4.78, 5) is 32.9. The Kier molecular flexibility index (Phi) is 8.36. The minimum Gasteiger partial charge on any atom is -0.497 e. The van der Waals surface area contributed by atoms with Crippen LogP contribution in [0.4, 0.5) is 0 Å². The Morgan fingerprint density at radius 2 is 1.63 bits per heavy atom. The minimum absolute atomic E-state index is 0.0442. The smallest absolute Gasteiger partial charge is 0.254 e. The summed E-state index contributed by atoms with van der Waals surface area (Å²) in [5.41, 5.74) is 3.93. The summed E-state index contributed by atoms with van der Waals surface area (Å²) in [5.74, 6) is 0.619. The quantitative estimate of drug-likeness (QED) is 0.461. The molecule has 198 valence electrons. The van der Waals surface area contributed by atoms with Crippen molar-refractivity contribution < 1.29 is 19.1 Å². The van der Waals surface area contributed by atoms with E-state index >= 15 is 0 Å². The third kappa shape index (κ3) is 6.41. The molecule has 2 heterocycles. The van der Waals surface area contributed by atoms with Crippen LogP contribution < -0.4 is 4.74 Å². The molecule has 2 aliphatic heterocycles. The highest BCUT2D eigenvalue weighted by Gasteiger charge is 2.35. The third-order valence-electron chi connectivity index (χ3n) is 7.32. The molecule has 0 aliphatic carbocycles. The fourth-order valence-corrected chi connectivity index (χ4v) is 5.23. The highest BCUT2D eigenvalue weighted by Crippen LogP contribution is 2.23. The van der Waals surface area contributed by atoms with Crippen LogP contribution >= 0.6 is 0 Å². The second kappa shape index (κ2) is 12.2. The molecule has 2 saturated heterocycles. The zero-order valence-electron chi connectivity index (χ0n) is 21.9. The Balaban J connectivity index is 1.31. The summed E-state index contributed by atoms with van der Waals surface area (Å²) in [5, 5.41) is 0. The van der Waals surface area contributed by atoms with Crippen LogP contribution in [0.25, 0.3) is 0 Å². The molecular formula is C31H35N3O4. The van der Waals surface area contributed by atoms with E-state index in [9.17, 15) is 9.59 Å². The fraction of sp³-hybridized carbons (Fsp3) is 0.355. The molecule has 5 rings (SSSR count). The van der Waals surface area contributed by atoms with Crippen LogP contribution in [0.15, 0.2) is 78.9 Å². The van der Waals surface area contributed by atoms with Gasteiger partial charge in [0.25, 0.3) is 5.91 Å². The van der Waals surface area contributed by atoms with E-state index in [1.807, 2.05) is 71.6 Å². The molecule has 7 heteroatoms. The average Bonchev–Trinajstić information content (AvgIpc) is 2.96. The van der Waals surface area contributed by atoms with Crippen molar-refractivity contribution in [2.75, 3.05) is 46.5 Å². The van der Waals surface area contributed by atoms with Gasteiger partial charge >= 0.3 is 0 Å². The predicted octanol–water partition coefficient (Wildman–Crippen LogP) is 3.62. The molecule has 0 bridgehead atoms. The predicted molar refractivity (Wildman–Crippen MR) is 146 cm³/mol. The van der Waals surface area contributed by atoms with Crippen LogP contribution in [-0.2, 0) is 29.0 Å². The maximum atomic E-state index is 13.5. The van der Waals surface area contributed by atoms with Crippen LogP contribution in [-0.4, -0.2) is 79.1 Å². The molecule has 3 aromatic rings. The highest BCUT2D eigenvalue weighted by molar-refractivity contribution is 5.97. The Bertz CT molecular complexity index is 1230. The average molecular weight is 514 g/mol. The molecule has 0 saturated carbocycles. The van der Waals surface area contributed by atoms with E-state index in [4.69, 9.17) is 9.47 Å². The standard InChI is InChI=1S/C31H35N3O4/c1-37-29-9-5-8-26(19-29)21-34-28(18-24-6-3-2-4-7-24)22-33(23-30(34)35)31(36)27-12-10-25(11-13-27)20-32-14-16-38-17-15-32/h2-13,19,28H,14-18,20-23H2,1H3/t28-/m0/s1. The Hall–Kier alpha value is -3.68. The summed E-state index contributed by atoms with van der Waals surface area (Å²) in [7, 11) is 1.64. The van der Waals surface area contributed by atoms with Crippen molar-refractivity contribution in [3.8, 4) is 5.75 Å². The fourth-order valence-electron chi connectivity index (χ4n) is 5.23. The van der Waals surface area contributed by atoms with Gasteiger partial charge in [0.15, 0.2) is 0 Å². The molecule has 1 atom stereocenters. The summed E-state index contributed by atoms with van der Waals surface area (Å²) in [6.07, 6.45) is 0.679. The molecule has 0 unspecified atom stereocenters. The zero-order chi connectivity index (χ0) is 26.3. The zero-order valence-corrected chi connectivity index (χ0v) is 21.9. The van der Waals surface area contributed by atoms with Crippen molar-refractivity contribution in [1.29, 1.82) is 0 Å². The van der Waals surface area contributed by atoms with E-state index in [1.54, 1.807) is 12.0 Å². The number of carbonyl (C=O) groups excluding carboxylic acids is 2. The molecule has 38 heavy (non-hydrogen) atoms. The molecule has 0 spiro atoms. The van der Waals surface area contributed by atoms with Gasteiger partial charge in [-0.3, -0.25) is 14.5 Å². The molecule has 2 aliphatic rings. The van der Waals surface area contributed by atoms with Gasteiger partial charge in [0, 0.05) is 38.3 Å². The Morgan fingerprint density at radius 1 is 0.895 bits per heavy atom. The lowest BCUT2D eigenvalue weighted by Gasteiger charge is -2.41. The minimum atomic E-state index is -0.130. The van der Waals surface area contributed by atoms with Gasteiger partial charge in [-0.25, -0.2) is 0 Å². The number of hydrogen-bond donors (Lipinski definition) is 0. The monoisotopic (exact) mass is 513 g/mol. The first kappa shape index (κ1) is 25.9. The van der Waals surface area contributed by atoms with Crippen LogP contribution in [0.5, 0.6) is 5.75 Å². The maximum Gasteiger partial charge on any atom is 0.254 e. The van der Waals surface area contributed by atoms with Gasteiger partial charge in [-0.1, -0.05) is 54.6 Å². The SMILES string of the molecule is COc1cccc(CN2C(=O)CN(C(=O)c3ccc(CN4CCOCC4)cc3)C[C@@H]2Cc2ccccc2)c1. The number of piperazine rings is 1. The topological polar surface area (TPSA) is 62.3 Å². The van der Waals surface area contributed by atoms with E-state index in [1.165, 1.54) is 5.56 Å². The van der Waals surface area contributed by atoms with Crippen LogP contribution in [0.1, 0.15) is 27.0 Å². The van der Waals surface area contributed by atoms with Crippen LogP contribution in [0.3, 0.4) is 0 Å². The number of carbonyl (C=O) groups is 2. The molecule has 7 nitrogen and oxygen atoms in total. The molecule has 0 N–H and O–H groups in total. The van der Waals surface area contributed by atoms with Crippen molar-refractivity contribution >= 4 is 11.8 Å². The number of hydrogen-bond acceptors (Lipinski definition) is 5. The second-order valence-corrected chi connectivity index (χ2v) is 9.99. The van der Waals surface area contributed by atoms with Crippen molar-refractivity contribution in [3.63, 3.8) is 0 Å². The third-order valence-corrected chi connectivity index (χ3v) is 7.32. The van der Waals surface area contributed by atoms with Gasteiger partial charge < -0.3 is 19.3 Å². The number of amides is 2. The summed E-state index contributed by atoms with van der Waals surface area (Å²) in [6.45, 7) is 5.25. The number of morpholine rings is 1. The number of ether oxygens (including phenoxy) is 2. The van der Waals surface area contributed by atoms with E-state index in [0.29, 0.717) is 25.1 Å². The molecular weight excluding hydrogens is 478 g/mol. The normalized spacial score (nSPS) is 18.4. The Labute approximate surface area is 224 Å². The van der Waals surface area contributed by atoms with Crippen LogP contribution in [0, 0.1) is 0 Å². The van der Waals surface area contributed by atoms with Gasteiger partial charge in [-0.05, 0) is 47.4 Å². The van der Waals surface area contributed by atoms with E-state index in [-0.39, 0.29) is 24.4 Å². The lowest BCUT2D eigenvalue weighted by Crippen LogP contribution is -2.58. The van der Waals surface area contributed by atoms with Gasteiger partial charge in [0.2, 0.25) is 5.91 Å². The summed E-state index contributed by atoms with van der Waals surface area (Å²) < 4.78 is 10.8. The second-order valence-electron chi connectivity index (χ2n) is 9.99. The van der Waals surface area contributed by atoms with E-state index < -0.39 is 0 Å². The molecule has 0 aromatic heterocycles. The molecule has 3 aromatic carbocycles. The molecule has 2 fully saturated rings. The van der Waals surface area contributed by atoms with Gasteiger partial charge in [0.1, 0.15) is 12.3 Å². The molecule has 0 radical (unpaired) electrons. The van der Waals surface area contributed by atoms with Gasteiger partial charge in [0.05, 0.1) is 26.4 Å². The van der Waals surface area contributed by atoms with Crippen molar-refractivity contribution in [2.24, 2.45) is 0 Å². The Morgan fingerprint density at radius 3 is 2.37 bits per heavy atom. The molecule has 2 amide bonds. The lowest BCUT2D eigenvalue weighted by atomic mass is 10.00. The van der Waals surface area contributed by atoms with Gasteiger partial charge in [-0.2, -0.15) is 0 Å². The van der Waals surface area contributed by atoms with Crippen LogP contribution in [0.2, 0.25) is 0 Å². The van der Waals surface area contributed by atoms with Gasteiger partial charge in [-0.15, -0.1) is 0 Å². The number of rotatable bonds is 8. The first-order valence-electron chi connectivity index (χ1n) is 13.2. The first-order chi connectivity index (χ1) is 18.6.